The first-order valence-electron chi connectivity index (χ1n) is 9.07. The molecule has 0 radical (unpaired) electrons. The molecule has 3 nitrogen and oxygen atoms in total. The minimum Gasteiger partial charge on any atom is -0.380 e. The SMILES string of the molecule is CCC1(C)CN(CCOCCC(C)C)C2(CCCC2)CN1. The summed E-state index contributed by atoms with van der Waals surface area (Å²) in [7, 11) is 0. The topological polar surface area (TPSA) is 24.5 Å². The molecule has 0 aromatic rings. The van der Waals surface area contributed by atoms with E-state index in [0.29, 0.717) is 5.54 Å². The Balaban J connectivity index is 1.85. The van der Waals surface area contributed by atoms with Crippen molar-refractivity contribution in [3.05, 3.63) is 0 Å². The second-order valence-electron chi connectivity index (χ2n) is 7.92. The van der Waals surface area contributed by atoms with Gasteiger partial charge in [-0.1, -0.05) is 33.6 Å². The Bertz CT molecular complexity index is 312. The lowest BCUT2D eigenvalue weighted by Crippen LogP contribution is -2.68. The number of rotatable bonds is 7. The van der Waals surface area contributed by atoms with E-state index in [1.165, 1.54) is 51.6 Å². The van der Waals surface area contributed by atoms with Gasteiger partial charge in [-0.3, -0.25) is 4.90 Å². The van der Waals surface area contributed by atoms with Crippen molar-refractivity contribution in [2.45, 2.75) is 77.3 Å². The van der Waals surface area contributed by atoms with Crippen LogP contribution in [0.25, 0.3) is 0 Å². The van der Waals surface area contributed by atoms with Gasteiger partial charge < -0.3 is 10.1 Å². The van der Waals surface area contributed by atoms with Gasteiger partial charge in [-0.15, -0.1) is 0 Å². The molecule has 1 unspecified atom stereocenters. The summed E-state index contributed by atoms with van der Waals surface area (Å²) in [4.78, 5) is 2.76. The van der Waals surface area contributed by atoms with E-state index in [0.717, 1.165) is 25.7 Å². The molecule has 124 valence electrons. The van der Waals surface area contributed by atoms with Crippen molar-refractivity contribution >= 4 is 0 Å². The maximum absolute atomic E-state index is 5.89. The van der Waals surface area contributed by atoms with Crippen LogP contribution < -0.4 is 5.32 Å². The molecule has 2 aliphatic rings. The quantitative estimate of drug-likeness (QED) is 0.728. The first kappa shape index (κ1) is 17.2. The fraction of sp³-hybridized carbons (Fsp3) is 1.00. The molecule has 1 N–H and O–H groups in total. The Morgan fingerprint density at radius 3 is 2.52 bits per heavy atom. The summed E-state index contributed by atoms with van der Waals surface area (Å²) in [5, 5.41) is 3.84. The maximum atomic E-state index is 5.89. The lowest BCUT2D eigenvalue weighted by atomic mass is 9.85. The summed E-state index contributed by atoms with van der Waals surface area (Å²) in [6.45, 7) is 14.5. The third kappa shape index (κ3) is 4.43. The molecule has 1 heterocycles. The molecule has 21 heavy (non-hydrogen) atoms. The second kappa shape index (κ2) is 7.43. The van der Waals surface area contributed by atoms with Gasteiger partial charge in [-0.25, -0.2) is 0 Å². The van der Waals surface area contributed by atoms with Crippen LogP contribution in [0, 0.1) is 5.92 Å². The fourth-order valence-corrected chi connectivity index (χ4v) is 3.81. The summed E-state index contributed by atoms with van der Waals surface area (Å²) < 4.78 is 5.89. The monoisotopic (exact) mass is 296 g/mol. The van der Waals surface area contributed by atoms with Crippen LogP contribution in [-0.2, 0) is 4.74 Å². The van der Waals surface area contributed by atoms with Crippen molar-refractivity contribution in [3.63, 3.8) is 0 Å². The van der Waals surface area contributed by atoms with Crippen LogP contribution in [0.15, 0.2) is 0 Å². The lowest BCUT2D eigenvalue weighted by Gasteiger charge is -2.52. The number of nitrogens with zero attached hydrogens (tertiary/aromatic N) is 1. The van der Waals surface area contributed by atoms with Crippen molar-refractivity contribution < 1.29 is 4.74 Å². The molecule has 1 aliphatic heterocycles. The molecule has 2 fully saturated rings. The zero-order valence-electron chi connectivity index (χ0n) is 14.7. The summed E-state index contributed by atoms with van der Waals surface area (Å²) in [5.41, 5.74) is 0.710. The molecule has 0 aromatic heterocycles. The maximum Gasteiger partial charge on any atom is 0.0593 e. The zero-order chi connectivity index (χ0) is 15.3. The highest BCUT2D eigenvalue weighted by Crippen LogP contribution is 2.38. The molecule has 0 amide bonds. The molecule has 0 bridgehead atoms. The van der Waals surface area contributed by atoms with Gasteiger partial charge in [0.15, 0.2) is 0 Å². The molecular weight excluding hydrogens is 260 g/mol. The Morgan fingerprint density at radius 1 is 1.19 bits per heavy atom. The van der Waals surface area contributed by atoms with E-state index < -0.39 is 0 Å². The highest BCUT2D eigenvalue weighted by atomic mass is 16.5. The standard InChI is InChI=1S/C18H36N2O/c1-5-17(4)15-20(11-13-21-12-8-16(2)3)18(14-19-17)9-6-7-10-18/h16,19H,5-15H2,1-4H3. The van der Waals surface area contributed by atoms with Gasteiger partial charge in [-0.05, 0) is 38.5 Å². The Morgan fingerprint density at radius 2 is 1.90 bits per heavy atom. The Kier molecular flexibility index (Phi) is 6.10. The molecule has 1 saturated carbocycles. The van der Waals surface area contributed by atoms with Crippen LogP contribution in [0.2, 0.25) is 0 Å². The largest absolute Gasteiger partial charge is 0.380 e. The van der Waals surface area contributed by atoms with Gasteiger partial charge in [-0.2, -0.15) is 0 Å². The summed E-state index contributed by atoms with van der Waals surface area (Å²) >= 11 is 0. The van der Waals surface area contributed by atoms with E-state index in [-0.39, 0.29) is 5.54 Å². The van der Waals surface area contributed by atoms with Crippen LogP contribution >= 0.6 is 0 Å². The summed E-state index contributed by atoms with van der Waals surface area (Å²) in [5.74, 6) is 0.744. The third-order valence-electron chi connectivity index (χ3n) is 5.71. The van der Waals surface area contributed by atoms with Gasteiger partial charge in [0.25, 0.3) is 0 Å². The van der Waals surface area contributed by atoms with E-state index in [9.17, 15) is 0 Å². The van der Waals surface area contributed by atoms with Crippen molar-refractivity contribution in [1.29, 1.82) is 0 Å². The Labute approximate surface area is 131 Å². The average molecular weight is 296 g/mol. The van der Waals surface area contributed by atoms with Crippen LogP contribution in [0.1, 0.15) is 66.2 Å². The van der Waals surface area contributed by atoms with Crippen molar-refractivity contribution in [2.75, 3.05) is 32.8 Å². The molecule has 1 spiro atoms. The van der Waals surface area contributed by atoms with Crippen LogP contribution in [0.4, 0.5) is 0 Å². The van der Waals surface area contributed by atoms with E-state index in [4.69, 9.17) is 4.74 Å². The molecule has 2 rings (SSSR count). The van der Waals surface area contributed by atoms with Gasteiger partial charge in [0.2, 0.25) is 0 Å². The highest BCUT2D eigenvalue weighted by molar-refractivity contribution is 5.05. The van der Waals surface area contributed by atoms with E-state index in [1.807, 2.05) is 0 Å². The second-order valence-corrected chi connectivity index (χ2v) is 7.92. The van der Waals surface area contributed by atoms with Crippen molar-refractivity contribution in [1.82, 2.24) is 10.2 Å². The molecule has 1 saturated heterocycles. The number of piperazine rings is 1. The molecule has 1 aliphatic carbocycles. The minimum atomic E-state index is 0.284. The molecule has 0 aromatic carbocycles. The molecule has 3 heteroatoms. The van der Waals surface area contributed by atoms with E-state index >= 15 is 0 Å². The normalized spacial score (nSPS) is 29.6. The highest BCUT2D eigenvalue weighted by Gasteiger charge is 2.46. The van der Waals surface area contributed by atoms with Crippen LogP contribution in [-0.4, -0.2) is 48.8 Å². The Hall–Kier alpha value is -0.120. The fourth-order valence-electron chi connectivity index (χ4n) is 3.81. The molecule has 1 atom stereocenters. The first-order valence-corrected chi connectivity index (χ1v) is 9.07. The summed E-state index contributed by atoms with van der Waals surface area (Å²) in [6.07, 6.45) is 7.91. The van der Waals surface area contributed by atoms with Crippen LogP contribution in [0.3, 0.4) is 0 Å². The smallest absolute Gasteiger partial charge is 0.0593 e. The van der Waals surface area contributed by atoms with Gasteiger partial charge in [0, 0.05) is 37.3 Å². The van der Waals surface area contributed by atoms with Crippen molar-refractivity contribution in [3.8, 4) is 0 Å². The average Bonchev–Trinajstić information content (AvgIpc) is 2.92. The predicted molar refractivity (Wildman–Crippen MR) is 89.7 cm³/mol. The minimum absolute atomic E-state index is 0.284. The van der Waals surface area contributed by atoms with Gasteiger partial charge >= 0.3 is 0 Å². The molecular formula is C18H36N2O. The summed E-state index contributed by atoms with van der Waals surface area (Å²) in [6, 6.07) is 0. The third-order valence-corrected chi connectivity index (χ3v) is 5.71. The lowest BCUT2D eigenvalue weighted by molar-refractivity contribution is -0.0108. The van der Waals surface area contributed by atoms with Crippen LogP contribution in [0.5, 0.6) is 0 Å². The zero-order valence-corrected chi connectivity index (χ0v) is 14.7. The van der Waals surface area contributed by atoms with E-state index in [2.05, 4.69) is 37.9 Å². The number of nitrogens with one attached hydrogen (secondary N) is 1. The first-order chi connectivity index (χ1) is 10.00. The van der Waals surface area contributed by atoms with Crippen molar-refractivity contribution in [2.24, 2.45) is 5.92 Å². The number of hydrogen-bond donors (Lipinski definition) is 1. The number of hydrogen-bond acceptors (Lipinski definition) is 3. The number of ether oxygens (including phenoxy) is 1. The van der Waals surface area contributed by atoms with Gasteiger partial charge in [0.05, 0.1) is 6.61 Å². The van der Waals surface area contributed by atoms with E-state index in [1.54, 1.807) is 0 Å². The van der Waals surface area contributed by atoms with Gasteiger partial charge in [0.1, 0.15) is 0 Å². The predicted octanol–water partition coefficient (Wildman–Crippen LogP) is 3.44.